The predicted octanol–water partition coefficient (Wildman–Crippen LogP) is 3.18. The molecule has 0 aromatic heterocycles. The van der Waals surface area contributed by atoms with Crippen LogP contribution in [0.1, 0.15) is 32.1 Å². The smallest absolute Gasteiger partial charge is 0.0517 e. The van der Waals surface area contributed by atoms with E-state index in [0.717, 1.165) is 0 Å². The molecule has 0 saturated carbocycles. The van der Waals surface area contributed by atoms with Gasteiger partial charge in [0.1, 0.15) is 0 Å². The molecule has 1 unspecified atom stereocenters. The van der Waals surface area contributed by atoms with E-state index in [-0.39, 0.29) is 6.04 Å². The average molecular weight is 252 g/mol. The Morgan fingerprint density at radius 3 is 2.93 bits per heavy atom. The summed E-state index contributed by atoms with van der Waals surface area (Å²) in [6.07, 6.45) is 8.39. The van der Waals surface area contributed by atoms with Crippen LogP contribution in [0.4, 0.5) is 0 Å². The van der Waals surface area contributed by atoms with Crippen molar-refractivity contribution < 1.29 is 0 Å². The second-order valence-electron chi connectivity index (χ2n) is 4.33. The molecule has 0 fully saturated rings. The molecule has 14 heavy (non-hydrogen) atoms. The molecule has 0 radical (unpaired) electrons. The van der Waals surface area contributed by atoms with Crippen LogP contribution in [0, 0.1) is 0 Å². The van der Waals surface area contributed by atoms with Gasteiger partial charge in [0.25, 0.3) is 0 Å². The van der Waals surface area contributed by atoms with Gasteiger partial charge < -0.3 is 5.73 Å². The largest absolute Gasteiger partial charge is 0.321 e. The summed E-state index contributed by atoms with van der Waals surface area (Å²) in [6.45, 7) is 0. The number of hydrogen-bond donors (Lipinski definition) is 1. The third-order valence-electron chi connectivity index (χ3n) is 3.61. The number of halogens is 1. The normalized spacial score (nSPS) is 30.7. The standard InChI is InChI=1S/C12H14BrN/c13-11-7-3-1-5-9(7)12(14)10-6-2-4-8(10)11/h5,12H,1-4,6,14H2. The molecule has 74 valence electrons. The molecule has 2 heteroatoms. The Balaban J connectivity index is 2.17. The Kier molecular flexibility index (Phi) is 1.96. The van der Waals surface area contributed by atoms with Crippen LogP contribution < -0.4 is 5.73 Å². The van der Waals surface area contributed by atoms with Gasteiger partial charge in [-0.25, -0.2) is 0 Å². The van der Waals surface area contributed by atoms with Crippen molar-refractivity contribution in [3.05, 3.63) is 32.9 Å². The van der Waals surface area contributed by atoms with Crippen LogP contribution >= 0.6 is 15.9 Å². The fraction of sp³-hybridized carbons (Fsp3) is 0.500. The van der Waals surface area contributed by atoms with E-state index in [0.29, 0.717) is 0 Å². The molecule has 3 aliphatic rings. The summed E-state index contributed by atoms with van der Waals surface area (Å²) >= 11 is 3.76. The molecule has 3 rings (SSSR count). The monoisotopic (exact) mass is 251 g/mol. The lowest BCUT2D eigenvalue weighted by atomic mass is 9.87. The van der Waals surface area contributed by atoms with Gasteiger partial charge in [0.05, 0.1) is 6.04 Å². The molecule has 3 aliphatic carbocycles. The topological polar surface area (TPSA) is 26.0 Å². The van der Waals surface area contributed by atoms with E-state index in [1.54, 1.807) is 0 Å². The minimum absolute atomic E-state index is 0.214. The quantitative estimate of drug-likeness (QED) is 0.704. The molecular formula is C12H14BrN. The summed E-state index contributed by atoms with van der Waals surface area (Å²) in [5, 5.41) is 0. The molecule has 0 heterocycles. The lowest BCUT2D eigenvalue weighted by Crippen LogP contribution is -2.28. The van der Waals surface area contributed by atoms with Crippen LogP contribution in [0.5, 0.6) is 0 Å². The van der Waals surface area contributed by atoms with E-state index < -0.39 is 0 Å². The summed E-state index contributed by atoms with van der Waals surface area (Å²) < 4.78 is 1.37. The van der Waals surface area contributed by atoms with Gasteiger partial charge in [-0.05, 0) is 54.4 Å². The summed E-state index contributed by atoms with van der Waals surface area (Å²) in [6, 6.07) is 0.214. The SMILES string of the molecule is NC1C2=CCCC2=C(Br)C2=C1CCC2. The van der Waals surface area contributed by atoms with E-state index in [4.69, 9.17) is 5.73 Å². The van der Waals surface area contributed by atoms with Crippen LogP contribution in [-0.2, 0) is 0 Å². The maximum absolute atomic E-state index is 6.29. The summed E-state index contributed by atoms with van der Waals surface area (Å²) in [5.74, 6) is 0. The van der Waals surface area contributed by atoms with Gasteiger partial charge in [-0.2, -0.15) is 0 Å². The maximum Gasteiger partial charge on any atom is 0.0517 e. The number of nitrogens with two attached hydrogens (primary N) is 1. The molecule has 0 aromatic carbocycles. The Hall–Kier alpha value is -0.340. The van der Waals surface area contributed by atoms with Crippen molar-refractivity contribution in [1.82, 2.24) is 0 Å². The Morgan fingerprint density at radius 2 is 2.07 bits per heavy atom. The molecule has 1 atom stereocenters. The summed E-state index contributed by atoms with van der Waals surface area (Å²) in [4.78, 5) is 0. The molecule has 0 aliphatic heterocycles. The molecule has 2 N–H and O–H groups in total. The molecule has 0 aromatic rings. The van der Waals surface area contributed by atoms with E-state index in [1.807, 2.05) is 0 Å². The Morgan fingerprint density at radius 1 is 1.21 bits per heavy atom. The lowest BCUT2D eigenvalue weighted by molar-refractivity contribution is 0.817. The zero-order valence-corrected chi connectivity index (χ0v) is 9.73. The van der Waals surface area contributed by atoms with Crippen molar-refractivity contribution in [2.45, 2.75) is 38.1 Å². The fourth-order valence-corrected chi connectivity index (χ4v) is 3.80. The molecular weight excluding hydrogens is 238 g/mol. The number of allylic oxidation sites excluding steroid dienone is 3. The summed E-state index contributed by atoms with van der Waals surface area (Å²) in [5.41, 5.74) is 12.2. The third-order valence-corrected chi connectivity index (χ3v) is 4.57. The molecule has 0 bridgehead atoms. The minimum atomic E-state index is 0.214. The first-order valence-corrected chi connectivity index (χ1v) is 6.15. The second kappa shape index (κ2) is 3.07. The highest BCUT2D eigenvalue weighted by Crippen LogP contribution is 2.47. The van der Waals surface area contributed by atoms with Gasteiger partial charge in [-0.15, -0.1) is 0 Å². The number of hydrogen-bond acceptors (Lipinski definition) is 1. The lowest BCUT2D eigenvalue weighted by Gasteiger charge is -2.25. The highest BCUT2D eigenvalue weighted by Gasteiger charge is 2.33. The van der Waals surface area contributed by atoms with E-state index >= 15 is 0 Å². The highest BCUT2D eigenvalue weighted by molar-refractivity contribution is 9.12. The van der Waals surface area contributed by atoms with Gasteiger partial charge in [-0.3, -0.25) is 0 Å². The Labute approximate surface area is 92.9 Å². The van der Waals surface area contributed by atoms with Gasteiger partial charge in [-0.1, -0.05) is 22.0 Å². The van der Waals surface area contributed by atoms with Crippen LogP contribution in [0.15, 0.2) is 32.9 Å². The van der Waals surface area contributed by atoms with Crippen LogP contribution in [0.25, 0.3) is 0 Å². The zero-order valence-electron chi connectivity index (χ0n) is 8.15. The van der Waals surface area contributed by atoms with E-state index in [2.05, 4.69) is 22.0 Å². The van der Waals surface area contributed by atoms with Gasteiger partial charge in [0.2, 0.25) is 0 Å². The van der Waals surface area contributed by atoms with Crippen molar-refractivity contribution >= 4 is 15.9 Å². The highest BCUT2D eigenvalue weighted by atomic mass is 79.9. The third kappa shape index (κ3) is 1.04. The van der Waals surface area contributed by atoms with Gasteiger partial charge in [0, 0.05) is 4.48 Å². The van der Waals surface area contributed by atoms with E-state index in [9.17, 15) is 0 Å². The van der Waals surface area contributed by atoms with Crippen molar-refractivity contribution in [3.8, 4) is 0 Å². The van der Waals surface area contributed by atoms with Crippen LogP contribution in [0.2, 0.25) is 0 Å². The minimum Gasteiger partial charge on any atom is -0.321 e. The second-order valence-corrected chi connectivity index (χ2v) is 5.12. The molecule has 0 spiro atoms. The van der Waals surface area contributed by atoms with E-state index in [1.165, 1.54) is 58.9 Å². The first-order chi connectivity index (χ1) is 6.79. The zero-order chi connectivity index (χ0) is 9.71. The maximum atomic E-state index is 6.29. The predicted molar refractivity (Wildman–Crippen MR) is 62.1 cm³/mol. The van der Waals surface area contributed by atoms with Crippen LogP contribution in [0.3, 0.4) is 0 Å². The first-order valence-electron chi connectivity index (χ1n) is 5.36. The number of fused-ring (bicyclic) bond motifs is 1. The summed E-state index contributed by atoms with van der Waals surface area (Å²) in [7, 11) is 0. The first kappa shape index (κ1) is 8.93. The molecule has 0 saturated heterocycles. The van der Waals surface area contributed by atoms with Crippen molar-refractivity contribution in [2.75, 3.05) is 0 Å². The number of rotatable bonds is 0. The molecule has 0 amide bonds. The van der Waals surface area contributed by atoms with Gasteiger partial charge >= 0.3 is 0 Å². The van der Waals surface area contributed by atoms with Crippen molar-refractivity contribution in [2.24, 2.45) is 5.73 Å². The van der Waals surface area contributed by atoms with Crippen molar-refractivity contribution in [1.29, 1.82) is 0 Å². The Bertz CT molecular complexity index is 387. The van der Waals surface area contributed by atoms with Gasteiger partial charge in [0.15, 0.2) is 0 Å². The average Bonchev–Trinajstić information content (AvgIpc) is 2.82. The van der Waals surface area contributed by atoms with Crippen molar-refractivity contribution in [3.63, 3.8) is 0 Å². The molecule has 1 nitrogen and oxygen atoms in total. The van der Waals surface area contributed by atoms with Crippen LogP contribution in [-0.4, -0.2) is 6.04 Å². The fourth-order valence-electron chi connectivity index (χ4n) is 2.92.